The molecule has 1 amide bonds. The molecule has 1 aromatic carbocycles. The van der Waals surface area contributed by atoms with Crippen LogP contribution in [0.15, 0.2) is 24.3 Å². The van der Waals surface area contributed by atoms with Gasteiger partial charge in [-0.15, -0.1) is 12.4 Å². The highest BCUT2D eigenvalue weighted by atomic mass is 35.5. The van der Waals surface area contributed by atoms with Crippen molar-refractivity contribution in [3.63, 3.8) is 0 Å². The van der Waals surface area contributed by atoms with Crippen LogP contribution in [-0.2, 0) is 11.2 Å². The molecule has 0 saturated carbocycles. The van der Waals surface area contributed by atoms with Crippen LogP contribution in [0.2, 0.25) is 0 Å². The van der Waals surface area contributed by atoms with Crippen LogP contribution in [0.1, 0.15) is 37.8 Å². The number of benzene rings is 1. The summed E-state index contributed by atoms with van der Waals surface area (Å²) in [6.45, 7) is 6.10. The van der Waals surface area contributed by atoms with Gasteiger partial charge in [0, 0.05) is 25.6 Å². The molecular formula is C16H27ClN2O. The van der Waals surface area contributed by atoms with Gasteiger partial charge in [0.25, 0.3) is 0 Å². The third-order valence-corrected chi connectivity index (χ3v) is 3.52. The summed E-state index contributed by atoms with van der Waals surface area (Å²) in [4.78, 5) is 13.8. The maximum Gasteiger partial charge on any atom is 0.222 e. The van der Waals surface area contributed by atoms with E-state index in [9.17, 15) is 4.79 Å². The fourth-order valence-corrected chi connectivity index (χ4v) is 1.98. The molecule has 1 aromatic rings. The van der Waals surface area contributed by atoms with Crippen molar-refractivity contribution in [3.8, 4) is 0 Å². The number of likely N-dealkylation sites (N-methyl/N-ethyl adjacent to an activating group) is 1. The maximum absolute atomic E-state index is 12.0. The van der Waals surface area contributed by atoms with Gasteiger partial charge in [-0.2, -0.15) is 0 Å². The highest BCUT2D eigenvalue weighted by Crippen LogP contribution is 2.10. The van der Waals surface area contributed by atoms with Gasteiger partial charge in [0.15, 0.2) is 0 Å². The van der Waals surface area contributed by atoms with Crippen molar-refractivity contribution in [1.29, 1.82) is 0 Å². The van der Waals surface area contributed by atoms with E-state index in [1.54, 1.807) is 0 Å². The van der Waals surface area contributed by atoms with E-state index in [0.29, 0.717) is 6.42 Å². The zero-order valence-corrected chi connectivity index (χ0v) is 13.7. The Morgan fingerprint density at radius 1 is 1.25 bits per heavy atom. The van der Waals surface area contributed by atoms with Crippen molar-refractivity contribution in [2.75, 3.05) is 7.05 Å². The Bertz CT molecular complexity index is 403. The van der Waals surface area contributed by atoms with Crippen molar-refractivity contribution in [2.45, 2.75) is 52.1 Å². The summed E-state index contributed by atoms with van der Waals surface area (Å²) in [5, 5.41) is 0. The van der Waals surface area contributed by atoms with Crippen molar-refractivity contribution < 1.29 is 4.79 Å². The molecule has 0 aliphatic rings. The molecule has 0 spiro atoms. The minimum absolute atomic E-state index is 0. The van der Waals surface area contributed by atoms with Gasteiger partial charge in [-0.3, -0.25) is 4.79 Å². The Kier molecular flexibility index (Phi) is 8.51. The molecule has 0 aliphatic carbocycles. The monoisotopic (exact) mass is 298 g/mol. The van der Waals surface area contributed by atoms with E-state index in [0.717, 1.165) is 12.8 Å². The number of aryl methyl sites for hydroxylation is 1. The van der Waals surface area contributed by atoms with E-state index < -0.39 is 0 Å². The van der Waals surface area contributed by atoms with Crippen LogP contribution in [-0.4, -0.2) is 29.9 Å². The smallest absolute Gasteiger partial charge is 0.222 e. The van der Waals surface area contributed by atoms with Crippen LogP contribution >= 0.6 is 12.4 Å². The van der Waals surface area contributed by atoms with Crippen LogP contribution in [0.3, 0.4) is 0 Å². The molecule has 4 heteroatoms. The van der Waals surface area contributed by atoms with Crippen molar-refractivity contribution >= 4 is 18.3 Å². The molecule has 2 unspecified atom stereocenters. The van der Waals surface area contributed by atoms with E-state index in [-0.39, 0.29) is 30.4 Å². The number of halogens is 1. The van der Waals surface area contributed by atoms with Crippen molar-refractivity contribution in [1.82, 2.24) is 4.90 Å². The highest BCUT2D eigenvalue weighted by molar-refractivity contribution is 5.85. The second kappa shape index (κ2) is 8.98. The number of carbonyl (C=O) groups excluding carboxylic acids is 1. The second-order valence-electron chi connectivity index (χ2n) is 5.56. The minimum atomic E-state index is 0. The fourth-order valence-electron chi connectivity index (χ4n) is 1.98. The Balaban J connectivity index is 0.00000361. The Hall–Kier alpha value is -1.06. The summed E-state index contributed by atoms with van der Waals surface area (Å²) >= 11 is 0. The van der Waals surface area contributed by atoms with Gasteiger partial charge < -0.3 is 10.6 Å². The van der Waals surface area contributed by atoms with Gasteiger partial charge in [0.2, 0.25) is 5.91 Å². The summed E-state index contributed by atoms with van der Waals surface area (Å²) in [5.74, 6) is 0.178. The molecular weight excluding hydrogens is 272 g/mol. The first kappa shape index (κ1) is 18.9. The Labute approximate surface area is 128 Å². The predicted molar refractivity (Wildman–Crippen MR) is 87.2 cm³/mol. The average molecular weight is 299 g/mol. The van der Waals surface area contributed by atoms with Gasteiger partial charge in [-0.05, 0) is 39.2 Å². The van der Waals surface area contributed by atoms with E-state index >= 15 is 0 Å². The van der Waals surface area contributed by atoms with Gasteiger partial charge in [0.1, 0.15) is 0 Å². The van der Waals surface area contributed by atoms with Crippen LogP contribution in [0.25, 0.3) is 0 Å². The van der Waals surface area contributed by atoms with E-state index in [1.807, 2.05) is 18.9 Å². The lowest BCUT2D eigenvalue weighted by molar-refractivity contribution is -0.131. The molecule has 2 atom stereocenters. The van der Waals surface area contributed by atoms with Gasteiger partial charge >= 0.3 is 0 Å². The van der Waals surface area contributed by atoms with E-state index in [1.165, 1.54) is 11.1 Å². The molecule has 2 N–H and O–H groups in total. The molecule has 0 bridgehead atoms. The average Bonchev–Trinajstić information content (AvgIpc) is 2.37. The lowest BCUT2D eigenvalue weighted by Crippen LogP contribution is -2.37. The molecule has 0 aromatic heterocycles. The number of hydrogen-bond acceptors (Lipinski definition) is 2. The van der Waals surface area contributed by atoms with Gasteiger partial charge in [0.05, 0.1) is 0 Å². The summed E-state index contributed by atoms with van der Waals surface area (Å²) < 4.78 is 0. The number of amides is 1. The van der Waals surface area contributed by atoms with Gasteiger partial charge in [-0.25, -0.2) is 0 Å². The second-order valence-corrected chi connectivity index (χ2v) is 5.56. The summed E-state index contributed by atoms with van der Waals surface area (Å²) in [6, 6.07) is 8.78. The normalized spacial score (nSPS) is 13.2. The largest absolute Gasteiger partial charge is 0.343 e. The van der Waals surface area contributed by atoms with Crippen LogP contribution in [0.5, 0.6) is 0 Å². The predicted octanol–water partition coefficient (Wildman–Crippen LogP) is 2.93. The van der Waals surface area contributed by atoms with Crippen LogP contribution in [0.4, 0.5) is 0 Å². The first-order valence-corrected chi connectivity index (χ1v) is 6.97. The molecule has 3 nitrogen and oxygen atoms in total. The molecule has 1 rings (SSSR count). The Morgan fingerprint density at radius 3 is 2.30 bits per heavy atom. The van der Waals surface area contributed by atoms with Crippen LogP contribution < -0.4 is 5.73 Å². The van der Waals surface area contributed by atoms with Gasteiger partial charge in [-0.1, -0.05) is 29.8 Å². The number of nitrogens with zero attached hydrogens (tertiary/aromatic N) is 1. The standard InChI is InChI=1S/C16H26N2O.ClH/c1-12-5-8-15(9-6-12)11-14(3)18(4)16(19)10-7-13(2)17;/h5-6,8-9,13-14H,7,10-11,17H2,1-4H3;1H. The molecule has 0 heterocycles. The molecule has 0 saturated heterocycles. The van der Waals surface area contributed by atoms with Crippen LogP contribution in [0, 0.1) is 6.92 Å². The molecule has 20 heavy (non-hydrogen) atoms. The van der Waals surface area contributed by atoms with E-state index in [2.05, 4.69) is 38.1 Å². The third kappa shape index (κ3) is 6.40. The number of nitrogens with two attached hydrogens (primary N) is 1. The Morgan fingerprint density at radius 2 is 1.80 bits per heavy atom. The SMILES string of the molecule is Cc1ccc(CC(C)N(C)C(=O)CCC(C)N)cc1.Cl. The van der Waals surface area contributed by atoms with E-state index in [4.69, 9.17) is 5.73 Å². The lowest BCUT2D eigenvalue weighted by atomic mass is 10.0. The first-order valence-electron chi connectivity index (χ1n) is 6.97. The number of rotatable bonds is 6. The first-order chi connectivity index (χ1) is 8.90. The zero-order chi connectivity index (χ0) is 14.4. The number of hydrogen-bond donors (Lipinski definition) is 1. The zero-order valence-electron chi connectivity index (χ0n) is 12.9. The maximum atomic E-state index is 12.0. The molecule has 114 valence electrons. The molecule has 0 radical (unpaired) electrons. The summed E-state index contributed by atoms with van der Waals surface area (Å²) in [6.07, 6.45) is 2.17. The fraction of sp³-hybridized carbons (Fsp3) is 0.562. The van der Waals surface area contributed by atoms with Crippen molar-refractivity contribution in [3.05, 3.63) is 35.4 Å². The lowest BCUT2D eigenvalue weighted by Gasteiger charge is -2.25. The topological polar surface area (TPSA) is 46.3 Å². The third-order valence-electron chi connectivity index (χ3n) is 3.52. The molecule has 0 aliphatic heterocycles. The number of carbonyl (C=O) groups is 1. The summed E-state index contributed by atoms with van der Waals surface area (Å²) in [7, 11) is 1.88. The summed E-state index contributed by atoms with van der Waals surface area (Å²) in [5.41, 5.74) is 8.21. The minimum Gasteiger partial charge on any atom is -0.343 e. The highest BCUT2D eigenvalue weighted by Gasteiger charge is 2.16. The quantitative estimate of drug-likeness (QED) is 0.878. The van der Waals surface area contributed by atoms with Crippen molar-refractivity contribution in [2.24, 2.45) is 5.73 Å². The molecule has 0 fully saturated rings.